The largest absolute Gasteiger partial charge is 0.393 e. The molecule has 0 spiro atoms. The van der Waals surface area contributed by atoms with Crippen LogP contribution in [-0.2, 0) is 0 Å². The van der Waals surface area contributed by atoms with Crippen molar-refractivity contribution in [3.8, 4) is 11.4 Å². The average molecular weight is 230 g/mol. The molecule has 1 aliphatic carbocycles. The number of hydrogen-bond acceptors (Lipinski definition) is 4. The predicted molar refractivity (Wildman–Crippen MR) is 62.5 cm³/mol. The molecule has 0 aliphatic heterocycles. The van der Waals surface area contributed by atoms with Crippen LogP contribution in [0.15, 0.2) is 28.8 Å². The fourth-order valence-corrected chi connectivity index (χ4v) is 2.12. The second-order valence-electron chi connectivity index (χ2n) is 4.59. The third kappa shape index (κ3) is 1.85. The number of aliphatic hydroxyl groups is 1. The summed E-state index contributed by atoms with van der Waals surface area (Å²) in [6.45, 7) is 2.03. The molecule has 1 N–H and O–H groups in total. The van der Waals surface area contributed by atoms with Gasteiger partial charge in [-0.15, -0.1) is 0 Å². The fourth-order valence-electron chi connectivity index (χ4n) is 2.12. The van der Waals surface area contributed by atoms with Gasteiger partial charge in [0.05, 0.1) is 6.10 Å². The molecule has 88 valence electrons. The van der Waals surface area contributed by atoms with Crippen molar-refractivity contribution < 1.29 is 9.63 Å². The average Bonchev–Trinajstić information content (AvgIpc) is 2.74. The Kier molecular flexibility index (Phi) is 2.44. The summed E-state index contributed by atoms with van der Waals surface area (Å²) in [6.07, 6.45) is 1.26. The minimum atomic E-state index is -0.200. The Morgan fingerprint density at radius 2 is 2.06 bits per heavy atom. The summed E-state index contributed by atoms with van der Waals surface area (Å²) in [4.78, 5) is 4.41. The number of nitrogens with zero attached hydrogens (tertiary/aromatic N) is 2. The molecule has 4 heteroatoms. The first-order valence-corrected chi connectivity index (χ1v) is 5.81. The van der Waals surface area contributed by atoms with Crippen LogP contribution in [0.4, 0.5) is 0 Å². The van der Waals surface area contributed by atoms with Crippen LogP contribution >= 0.6 is 0 Å². The van der Waals surface area contributed by atoms with Gasteiger partial charge in [-0.05, 0) is 25.3 Å². The summed E-state index contributed by atoms with van der Waals surface area (Å²) in [7, 11) is 0. The first-order chi connectivity index (χ1) is 8.24. The maximum Gasteiger partial charge on any atom is 0.230 e. The number of hydrogen-bond donors (Lipinski definition) is 1. The van der Waals surface area contributed by atoms with Crippen LogP contribution in [0.5, 0.6) is 0 Å². The highest BCUT2D eigenvalue weighted by Gasteiger charge is 2.33. The van der Waals surface area contributed by atoms with E-state index < -0.39 is 0 Å². The van der Waals surface area contributed by atoms with Gasteiger partial charge >= 0.3 is 0 Å². The van der Waals surface area contributed by atoms with E-state index in [1.54, 1.807) is 0 Å². The van der Waals surface area contributed by atoms with Gasteiger partial charge in [-0.25, -0.2) is 0 Å². The zero-order valence-corrected chi connectivity index (χ0v) is 9.63. The van der Waals surface area contributed by atoms with E-state index in [0.717, 1.165) is 24.0 Å². The van der Waals surface area contributed by atoms with Crippen molar-refractivity contribution in [2.24, 2.45) is 0 Å². The SMILES string of the molecule is Cc1ccccc1-c1noc(C2CC(O)C2)n1. The van der Waals surface area contributed by atoms with Crippen molar-refractivity contribution in [1.82, 2.24) is 10.1 Å². The Hall–Kier alpha value is -1.68. The Labute approximate surface area is 99.3 Å². The molecule has 0 amide bonds. The van der Waals surface area contributed by atoms with Crippen LogP contribution in [0.3, 0.4) is 0 Å². The van der Waals surface area contributed by atoms with E-state index in [1.165, 1.54) is 0 Å². The highest BCUT2D eigenvalue weighted by atomic mass is 16.5. The van der Waals surface area contributed by atoms with E-state index in [2.05, 4.69) is 10.1 Å². The first kappa shape index (κ1) is 10.5. The van der Waals surface area contributed by atoms with Crippen LogP contribution in [0, 0.1) is 6.92 Å². The van der Waals surface area contributed by atoms with Gasteiger partial charge < -0.3 is 9.63 Å². The maximum absolute atomic E-state index is 9.26. The van der Waals surface area contributed by atoms with Gasteiger partial charge in [0.2, 0.25) is 11.7 Å². The molecule has 3 rings (SSSR count). The quantitative estimate of drug-likeness (QED) is 0.859. The van der Waals surface area contributed by atoms with E-state index in [4.69, 9.17) is 4.52 Å². The van der Waals surface area contributed by atoms with E-state index in [0.29, 0.717) is 11.7 Å². The second-order valence-corrected chi connectivity index (χ2v) is 4.59. The van der Waals surface area contributed by atoms with Crippen molar-refractivity contribution in [2.45, 2.75) is 31.8 Å². The van der Waals surface area contributed by atoms with E-state index in [-0.39, 0.29) is 12.0 Å². The number of aryl methyl sites for hydroxylation is 1. The third-order valence-corrected chi connectivity index (χ3v) is 3.29. The van der Waals surface area contributed by atoms with Crippen molar-refractivity contribution in [2.75, 3.05) is 0 Å². The van der Waals surface area contributed by atoms with Crippen LogP contribution in [0.1, 0.15) is 30.2 Å². The number of aliphatic hydroxyl groups excluding tert-OH is 1. The maximum atomic E-state index is 9.26. The molecule has 1 saturated carbocycles. The van der Waals surface area contributed by atoms with E-state index >= 15 is 0 Å². The molecule has 4 nitrogen and oxygen atoms in total. The summed E-state index contributed by atoms with van der Waals surface area (Å²) in [5.41, 5.74) is 2.14. The van der Waals surface area contributed by atoms with Crippen molar-refractivity contribution >= 4 is 0 Å². The van der Waals surface area contributed by atoms with Gasteiger partial charge in [0.1, 0.15) is 0 Å². The standard InChI is InChI=1S/C13H14N2O2/c1-8-4-2-3-5-11(8)12-14-13(17-15-12)9-6-10(16)7-9/h2-5,9-10,16H,6-7H2,1H3. The summed E-state index contributed by atoms with van der Waals surface area (Å²) in [5, 5.41) is 13.3. The predicted octanol–water partition coefficient (Wildman–Crippen LogP) is 2.28. The number of benzene rings is 1. The molecule has 0 saturated heterocycles. The lowest BCUT2D eigenvalue weighted by Gasteiger charge is -2.27. The monoisotopic (exact) mass is 230 g/mol. The van der Waals surface area contributed by atoms with Gasteiger partial charge in [0, 0.05) is 11.5 Å². The topological polar surface area (TPSA) is 59.2 Å². The van der Waals surface area contributed by atoms with Crippen LogP contribution < -0.4 is 0 Å². The minimum Gasteiger partial charge on any atom is -0.393 e. The first-order valence-electron chi connectivity index (χ1n) is 5.81. The van der Waals surface area contributed by atoms with Gasteiger partial charge in [-0.2, -0.15) is 4.98 Å². The molecule has 1 aromatic carbocycles. The van der Waals surface area contributed by atoms with Crippen molar-refractivity contribution in [3.63, 3.8) is 0 Å². The molecule has 1 aromatic heterocycles. The Morgan fingerprint density at radius 3 is 2.76 bits per heavy atom. The van der Waals surface area contributed by atoms with E-state index in [1.807, 2.05) is 31.2 Å². The van der Waals surface area contributed by atoms with Crippen molar-refractivity contribution in [1.29, 1.82) is 0 Å². The fraction of sp³-hybridized carbons (Fsp3) is 0.385. The lowest BCUT2D eigenvalue weighted by atomic mass is 9.82. The van der Waals surface area contributed by atoms with Crippen LogP contribution in [0.2, 0.25) is 0 Å². The summed E-state index contributed by atoms with van der Waals surface area (Å²) >= 11 is 0. The molecule has 0 bridgehead atoms. The molecular formula is C13H14N2O2. The zero-order valence-electron chi connectivity index (χ0n) is 9.63. The molecular weight excluding hydrogens is 216 g/mol. The summed E-state index contributed by atoms with van der Waals surface area (Å²) < 4.78 is 5.25. The Morgan fingerprint density at radius 1 is 1.29 bits per heavy atom. The number of aromatic nitrogens is 2. The number of rotatable bonds is 2. The molecule has 2 aromatic rings. The van der Waals surface area contributed by atoms with Gasteiger partial charge in [0.15, 0.2) is 0 Å². The molecule has 0 atom stereocenters. The van der Waals surface area contributed by atoms with Gasteiger partial charge in [0.25, 0.3) is 0 Å². The summed E-state index contributed by atoms with van der Waals surface area (Å²) in [5.74, 6) is 1.52. The highest BCUT2D eigenvalue weighted by Crippen LogP contribution is 2.36. The molecule has 1 aliphatic rings. The molecule has 17 heavy (non-hydrogen) atoms. The molecule has 1 heterocycles. The normalized spacial score (nSPS) is 23.4. The van der Waals surface area contributed by atoms with Crippen molar-refractivity contribution in [3.05, 3.63) is 35.7 Å². The van der Waals surface area contributed by atoms with Gasteiger partial charge in [-0.1, -0.05) is 29.4 Å². The second kappa shape index (κ2) is 3.96. The van der Waals surface area contributed by atoms with Gasteiger partial charge in [-0.3, -0.25) is 0 Å². The van der Waals surface area contributed by atoms with Crippen LogP contribution in [-0.4, -0.2) is 21.4 Å². The lowest BCUT2D eigenvalue weighted by Crippen LogP contribution is -2.26. The van der Waals surface area contributed by atoms with E-state index in [9.17, 15) is 5.11 Å². The third-order valence-electron chi connectivity index (χ3n) is 3.29. The zero-order chi connectivity index (χ0) is 11.8. The highest BCUT2D eigenvalue weighted by molar-refractivity contribution is 5.59. The lowest BCUT2D eigenvalue weighted by molar-refractivity contribution is 0.0625. The Bertz CT molecular complexity index is 530. The molecule has 0 unspecified atom stereocenters. The Balaban J connectivity index is 1.88. The summed E-state index contributed by atoms with van der Waals surface area (Å²) in [6, 6.07) is 7.96. The smallest absolute Gasteiger partial charge is 0.230 e. The molecule has 0 radical (unpaired) electrons. The molecule has 1 fully saturated rings. The minimum absolute atomic E-state index is 0.200. The van der Waals surface area contributed by atoms with Crippen LogP contribution in [0.25, 0.3) is 11.4 Å².